The summed E-state index contributed by atoms with van der Waals surface area (Å²) >= 11 is 5.99. The molecule has 1 aliphatic rings. The molecule has 1 aromatic rings. The number of rotatable bonds is 4. The van der Waals surface area contributed by atoms with Crippen LogP contribution in [0.15, 0.2) is 18.2 Å². The molecule has 16 heavy (non-hydrogen) atoms. The molecule has 1 saturated carbocycles. The van der Waals surface area contributed by atoms with Crippen molar-refractivity contribution in [2.45, 2.75) is 38.2 Å². The van der Waals surface area contributed by atoms with Crippen molar-refractivity contribution in [3.8, 4) is 5.75 Å². The van der Waals surface area contributed by atoms with Crippen molar-refractivity contribution in [3.63, 3.8) is 0 Å². The zero-order valence-corrected chi connectivity index (χ0v) is 10.4. The molecule has 2 N–H and O–H groups in total. The van der Waals surface area contributed by atoms with Gasteiger partial charge in [0.15, 0.2) is 0 Å². The summed E-state index contributed by atoms with van der Waals surface area (Å²) in [6, 6.07) is 5.83. The van der Waals surface area contributed by atoms with Crippen molar-refractivity contribution >= 4 is 11.6 Å². The number of nitrogens with two attached hydrogens (primary N) is 1. The van der Waals surface area contributed by atoms with Crippen LogP contribution in [0.3, 0.4) is 0 Å². The van der Waals surface area contributed by atoms with Crippen molar-refractivity contribution in [1.29, 1.82) is 0 Å². The minimum atomic E-state index is -0.00494. The van der Waals surface area contributed by atoms with E-state index in [1.54, 1.807) is 0 Å². The first-order chi connectivity index (χ1) is 7.65. The van der Waals surface area contributed by atoms with Crippen LogP contribution in [0.5, 0.6) is 5.75 Å². The molecule has 3 heteroatoms. The summed E-state index contributed by atoms with van der Waals surface area (Å²) in [5, 5.41) is 0.786. The van der Waals surface area contributed by atoms with Gasteiger partial charge in [-0.15, -0.1) is 0 Å². The van der Waals surface area contributed by atoms with E-state index >= 15 is 0 Å². The number of benzene rings is 1. The van der Waals surface area contributed by atoms with E-state index in [4.69, 9.17) is 22.1 Å². The fraction of sp³-hybridized carbons (Fsp3) is 0.538. The second-order valence-corrected chi connectivity index (χ2v) is 5.00. The van der Waals surface area contributed by atoms with E-state index in [0.29, 0.717) is 6.54 Å². The first kappa shape index (κ1) is 11.7. The number of halogens is 1. The summed E-state index contributed by atoms with van der Waals surface area (Å²) in [6.45, 7) is 2.68. The molecule has 0 aromatic heterocycles. The second kappa shape index (κ2) is 4.64. The Labute approximate surface area is 102 Å². The SMILES string of the molecule is Cc1cc(OC2(CCN)CCC2)ccc1Cl. The highest BCUT2D eigenvalue weighted by Gasteiger charge is 2.38. The van der Waals surface area contributed by atoms with Gasteiger partial charge in [-0.1, -0.05) is 11.6 Å². The lowest BCUT2D eigenvalue weighted by molar-refractivity contribution is -0.0125. The molecule has 0 heterocycles. The van der Waals surface area contributed by atoms with Gasteiger partial charge >= 0.3 is 0 Å². The van der Waals surface area contributed by atoms with E-state index in [1.807, 2.05) is 25.1 Å². The molecule has 88 valence electrons. The van der Waals surface area contributed by atoms with E-state index in [-0.39, 0.29) is 5.60 Å². The van der Waals surface area contributed by atoms with Crippen LogP contribution in [0.1, 0.15) is 31.2 Å². The zero-order valence-electron chi connectivity index (χ0n) is 9.63. The Balaban J connectivity index is 2.10. The molecular weight excluding hydrogens is 222 g/mol. The summed E-state index contributed by atoms with van der Waals surface area (Å²) in [5.74, 6) is 0.912. The zero-order chi connectivity index (χ0) is 11.6. The fourth-order valence-electron chi connectivity index (χ4n) is 2.17. The summed E-state index contributed by atoms with van der Waals surface area (Å²) < 4.78 is 6.08. The first-order valence-corrected chi connectivity index (χ1v) is 6.18. The second-order valence-electron chi connectivity index (χ2n) is 4.59. The van der Waals surface area contributed by atoms with Gasteiger partial charge in [-0.05, 0) is 62.9 Å². The van der Waals surface area contributed by atoms with Crippen LogP contribution in [0.2, 0.25) is 5.02 Å². The molecule has 2 nitrogen and oxygen atoms in total. The molecule has 1 aliphatic carbocycles. The van der Waals surface area contributed by atoms with Gasteiger partial charge in [-0.2, -0.15) is 0 Å². The number of ether oxygens (including phenoxy) is 1. The quantitative estimate of drug-likeness (QED) is 0.875. The first-order valence-electron chi connectivity index (χ1n) is 5.80. The Morgan fingerprint density at radius 1 is 1.44 bits per heavy atom. The summed E-state index contributed by atoms with van der Waals surface area (Å²) in [4.78, 5) is 0. The average molecular weight is 240 g/mol. The molecule has 1 aromatic carbocycles. The largest absolute Gasteiger partial charge is 0.487 e. The molecule has 0 amide bonds. The monoisotopic (exact) mass is 239 g/mol. The summed E-state index contributed by atoms with van der Waals surface area (Å²) in [6.07, 6.45) is 4.42. The fourth-order valence-corrected chi connectivity index (χ4v) is 2.29. The lowest BCUT2D eigenvalue weighted by Crippen LogP contribution is -2.44. The maximum Gasteiger partial charge on any atom is 0.120 e. The van der Waals surface area contributed by atoms with Crippen LogP contribution in [-0.4, -0.2) is 12.1 Å². The lowest BCUT2D eigenvalue weighted by Gasteiger charge is -2.42. The molecule has 0 aliphatic heterocycles. The smallest absolute Gasteiger partial charge is 0.120 e. The molecule has 0 unspecified atom stereocenters. The van der Waals surface area contributed by atoms with E-state index in [9.17, 15) is 0 Å². The van der Waals surface area contributed by atoms with E-state index < -0.39 is 0 Å². The van der Waals surface area contributed by atoms with Gasteiger partial charge in [0.25, 0.3) is 0 Å². The predicted octanol–water partition coefficient (Wildman–Crippen LogP) is 3.30. The summed E-state index contributed by atoms with van der Waals surface area (Å²) in [5.41, 5.74) is 6.68. The summed E-state index contributed by atoms with van der Waals surface area (Å²) in [7, 11) is 0. The van der Waals surface area contributed by atoms with Gasteiger partial charge in [0.2, 0.25) is 0 Å². The minimum Gasteiger partial charge on any atom is -0.487 e. The van der Waals surface area contributed by atoms with Crippen LogP contribution in [0.4, 0.5) is 0 Å². The van der Waals surface area contributed by atoms with Gasteiger partial charge in [0.1, 0.15) is 11.4 Å². The molecule has 0 atom stereocenters. The molecule has 2 rings (SSSR count). The molecule has 1 fully saturated rings. The van der Waals surface area contributed by atoms with Gasteiger partial charge < -0.3 is 10.5 Å². The molecule has 0 spiro atoms. The van der Waals surface area contributed by atoms with Gasteiger partial charge in [0.05, 0.1) is 0 Å². The van der Waals surface area contributed by atoms with Crippen molar-refractivity contribution in [1.82, 2.24) is 0 Å². The highest BCUT2D eigenvalue weighted by Crippen LogP contribution is 2.39. The van der Waals surface area contributed by atoms with Crippen LogP contribution in [0.25, 0.3) is 0 Å². The molecule has 0 bridgehead atoms. The minimum absolute atomic E-state index is 0.00494. The molecule has 0 radical (unpaired) electrons. The Morgan fingerprint density at radius 2 is 2.19 bits per heavy atom. The van der Waals surface area contributed by atoms with E-state index in [2.05, 4.69) is 0 Å². The number of aryl methyl sites for hydroxylation is 1. The van der Waals surface area contributed by atoms with Crippen LogP contribution in [0, 0.1) is 6.92 Å². The Kier molecular flexibility index (Phi) is 3.41. The highest BCUT2D eigenvalue weighted by molar-refractivity contribution is 6.31. The van der Waals surface area contributed by atoms with Gasteiger partial charge in [-0.25, -0.2) is 0 Å². The Morgan fingerprint density at radius 3 is 2.69 bits per heavy atom. The third-order valence-electron chi connectivity index (χ3n) is 3.33. The van der Waals surface area contributed by atoms with Crippen molar-refractivity contribution in [3.05, 3.63) is 28.8 Å². The molecule has 0 saturated heterocycles. The molecular formula is C13H18ClNO. The third-order valence-corrected chi connectivity index (χ3v) is 3.75. The number of hydrogen-bond acceptors (Lipinski definition) is 2. The topological polar surface area (TPSA) is 35.2 Å². The van der Waals surface area contributed by atoms with Gasteiger partial charge in [0, 0.05) is 5.02 Å². The highest BCUT2D eigenvalue weighted by atomic mass is 35.5. The van der Waals surface area contributed by atoms with E-state index in [1.165, 1.54) is 6.42 Å². The maximum absolute atomic E-state index is 6.08. The predicted molar refractivity (Wildman–Crippen MR) is 67.1 cm³/mol. The van der Waals surface area contributed by atoms with Crippen LogP contribution < -0.4 is 10.5 Å². The third kappa shape index (κ3) is 2.33. The Hall–Kier alpha value is -0.730. The Bertz CT molecular complexity index is 374. The van der Waals surface area contributed by atoms with Crippen LogP contribution >= 0.6 is 11.6 Å². The number of hydrogen-bond donors (Lipinski definition) is 1. The van der Waals surface area contributed by atoms with E-state index in [0.717, 1.165) is 35.6 Å². The normalized spacial score (nSPS) is 17.9. The van der Waals surface area contributed by atoms with Crippen LogP contribution in [-0.2, 0) is 0 Å². The average Bonchev–Trinajstić information content (AvgIpc) is 2.20. The standard InChI is InChI=1S/C13H18ClNO/c1-10-9-11(3-4-12(10)14)16-13(7-8-15)5-2-6-13/h3-4,9H,2,5-8,15H2,1H3. The van der Waals surface area contributed by atoms with Crippen molar-refractivity contribution in [2.24, 2.45) is 5.73 Å². The van der Waals surface area contributed by atoms with Crippen molar-refractivity contribution in [2.75, 3.05) is 6.54 Å². The lowest BCUT2D eigenvalue weighted by atomic mass is 9.77. The van der Waals surface area contributed by atoms with Crippen molar-refractivity contribution < 1.29 is 4.74 Å². The maximum atomic E-state index is 6.08. The van der Waals surface area contributed by atoms with Gasteiger partial charge in [-0.3, -0.25) is 0 Å².